The predicted octanol–water partition coefficient (Wildman–Crippen LogP) is 3.11. The molecule has 0 bridgehead atoms. The van der Waals surface area contributed by atoms with E-state index in [1.54, 1.807) is 6.20 Å². The lowest BCUT2D eigenvalue weighted by atomic mass is 9.74. The summed E-state index contributed by atoms with van der Waals surface area (Å²) in [4.78, 5) is 29.9. The summed E-state index contributed by atoms with van der Waals surface area (Å²) in [6.07, 6.45) is 6.69. The van der Waals surface area contributed by atoms with Crippen LogP contribution in [0.3, 0.4) is 0 Å². The summed E-state index contributed by atoms with van der Waals surface area (Å²) in [5.74, 6) is 1.96. The number of carbonyl (C=O) groups excluding carboxylic acids is 1. The summed E-state index contributed by atoms with van der Waals surface area (Å²) in [5, 5.41) is 7.53. The zero-order valence-electron chi connectivity index (χ0n) is 21.4. The van der Waals surface area contributed by atoms with Gasteiger partial charge in [0.05, 0.1) is 17.6 Å². The molecule has 2 aliphatic heterocycles. The van der Waals surface area contributed by atoms with Crippen molar-refractivity contribution >= 4 is 34.8 Å². The molecule has 2 saturated heterocycles. The highest BCUT2D eigenvalue weighted by Gasteiger charge is 2.49. The average molecular weight is 477 g/mol. The maximum atomic E-state index is 11.7. The van der Waals surface area contributed by atoms with E-state index in [1.807, 2.05) is 50.4 Å². The van der Waals surface area contributed by atoms with E-state index in [4.69, 9.17) is 4.98 Å². The van der Waals surface area contributed by atoms with E-state index >= 15 is 0 Å². The van der Waals surface area contributed by atoms with Crippen molar-refractivity contribution in [1.82, 2.24) is 29.7 Å². The second kappa shape index (κ2) is 8.87. The Kier molecular flexibility index (Phi) is 6.01. The van der Waals surface area contributed by atoms with Crippen molar-refractivity contribution < 1.29 is 4.79 Å². The van der Waals surface area contributed by atoms with Gasteiger partial charge in [-0.15, -0.1) is 0 Å². The highest BCUT2D eigenvalue weighted by molar-refractivity contribution is 5.87. The molecule has 1 saturated carbocycles. The van der Waals surface area contributed by atoms with Crippen LogP contribution < -0.4 is 15.5 Å². The number of carbonyl (C=O) groups is 1. The molecule has 0 atom stereocenters. The van der Waals surface area contributed by atoms with Crippen LogP contribution in [-0.4, -0.2) is 78.0 Å². The van der Waals surface area contributed by atoms with Crippen molar-refractivity contribution in [3.05, 3.63) is 36.3 Å². The van der Waals surface area contributed by atoms with Gasteiger partial charge >= 0.3 is 0 Å². The molecule has 9 nitrogen and oxygen atoms in total. The van der Waals surface area contributed by atoms with Crippen LogP contribution in [0.4, 0.5) is 17.5 Å². The molecule has 3 aromatic heterocycles. The van der Waals surface area contributed by atoms with Gasteiger partial charge in [-0.25, -0.2) is 9.97 Å². The summed E-state index contributed by atoms with van der Waals surface area (Å²) in [5.41, 5.74) is 2.80. The smallest absolute Gasteiger partial charge is 0.229 e. The lowest BCUT2D eigenvalue weighted by Crippen LogP contribution is -2.71. The standard InChI is InChI=1S/C23H27N7O.C3H9N/c1-15(2)23(5-6-23)30-18(10-31)7-16-8-26-21(28-20(16)30)27-17-3-4-19(25-9-17)29-13-22(14-29)11-24-12-22;1-4(2)3/h3-4,7-10,15,24H,5-6,11-14H2,1-2H3,(H,26,27,28);1-3H3. The van der Waals surface area contributed by atoms with Gasteiger partial charge in [0.25, 0.3) is 0 Å². The van der Waals surface area contributed by atoms with Gasteiger partial charge in [-0.1, -0.05) is 13.8 Å². The zero-order valence-corrected chi connectivity index (χ0v) is 21.4. The summed E-state index contributed by atoms with van der Waals surface area (Å²) < 4.78 is 2.13. The predicted molar refractivity (Wildman–Crippen MR) is 140 cm³/mol. The van der Waals surface area contributed by atoms with E-state index in [2.05, 4.69) is 43.9 Å². The lowest BCUT2D eigenvalue weighted by Gasteiger charge is -2.56. The number of nitrogens with one attached hydrogen (secondary N) is 2. The Morgan fingerprint density at radius 1 is 1.11 bits per heavy atom. The van der Waals surface area contributed by atoms with Crippen molar-refractivity contribution in [3.8, 4) is 0 Å². The van der Waals surface area contributed by atoms with Crippen molar-refractivity contribution in [2.45, 2.75) is 32.2 Å². The number of aldehydes is 1. The Hall–Kier alpha value is -3.04. The maximum Gasteiger partial charge on any atom is 0.229 e. The maximum absolute atomic E-state index is 11.7. The van der Waals surface area contributed by atoms with Crippen LogP contribution in [0.25, 0.3) is 11.0 Å². The number of anilines is 3. The Balaban J connectivity index is 0.000000591. The molecule has 6 rings (SSSR count). The van der Waals surface area contributed by atoms with E-state index < -0.39 is 0 Å². The molecule has 186 valence electrons. The van der Waals surface area contributed by atoms with Crippen molar-refractivity contribution in [1.29, 1.82) is 0 Å². The number of pyridine rings is 1. The van der Waals surface area contributed by atoms with Crippen LogP contribution in [-0.2, 0) is 5.54 Å². The second-order valence-electron chi connectivity index (χ2n) is 11.1. The highest BCUT2D eigenvalue weighted by atomic mass is 16.1. The van der Waals surface area contributed by atoms with Crippen LogP contribution in [0.2, 0.25) is 0 Å². The van der Waals surface area contributed by atoms with Crippen molar-refractivity contribution in [3.63, 3.8) is 0 Å². The molecule has 0 radical (unpaired) electrons. The molecule has 0 aromatic carbocycles. The number of aromatic nitrogens is 4. The normalized spacial score (nSPS) is 19.2. The molecule has 35 heavy (non-hydrogen) atoms. The third-order valence-electron chi connectivity index (χ3n) is 7.35. The first-order valence-electron chi connectivity index (χ1n) is 12.4. The molecule has 2 N–H and O–H groups in total. The molecular weight excluding hydrogens is 440 g/mol. The molecule has 3 fully saturated rings. The van der Waals surface area contributed by atoms with E-state index in [0.717, 1.165) is 67.8 Å². The zero-order chi connectivity index (χ0) is 24.8. The Bertz CT molecular complexity index is 1200. The first-order chi connectivity index (χ1) is 16.7. The third-order valence-corrected chi connectivity index (χ3v) is 7.35. The van der Waals surface area contributed by atoms with Crippen LogP contribution in [0, 0.1) is 11.3 Å². The van der Waals surface area contributed by atoms with Crippen LogP contribution >= 0.6 is 0 Å². The van der Waals surface area contributed by atoms with Gasteiger partial charge in [-0.05, 0) is 58.1 Å². The molecule has 9 heteroatoms. The minimum Gasteiger partial charge on any atom is -0.355 e. The van der Waals surface area contributed by atoms with Crippen LogP contribution in [0.1, 0.15) is 37.2 Å². The fourth-order valence-electron chi connectivity index (χ4n) is 5.22. The van der Waals surface area contributed by atoms with Crippen LogP contribution in [0.5, 0.6) is 0 Å². The number of nitrogens with zero attached hydrogens (tertiary/aromatic N) is 6. The summed E-state index contributed by atoms with van der Waals surface area (Å²) in [6, 6.07) is 5.96. The Morgan fingerprint density at radius 2 is 1.83 bits per heavy atom. The molecular formula is C26H36N8O. The second-order valence-corrected chi connectivity index (χ2v) is 11.1. The molecule has 3 aromatic rings. The lowest BCUT2D eigenvalue weighted by molar-refractivity contribution is 0.111. The molecule has 1 spiro atoms. The van der Waals surface area contributed by atoms with Crippen molar-refractivity contribution in [2.24, 2.45) is 11.3 Å². The van der Waals surface area contributed by atoms with Gasteiger partial charge < -0.3 is 25.0 Å². The van der Waals surface area contributed by atoms with Gasteiger partial charge in [0.2, 0.25) is 5.95 Å². The molecule has 5 heterocycles. The summed E-state index contributed by atoms with van der Waals surface area (Å²) in [6.45, 7) is 8.81. The monoisotopic (exact) mass is 476 g/mol. The van der Waals surface area contributed by atoms with Crippen LogP contribution in [0.15, 0.2) is 30.6 Å². The molecule has 1 aliphatic carbocycles. The van der Waals surface area contributed by atoms with Crippen molar-refractivity contribution in [2.75, 3.05) is 57.5 Å². The average Bonchev–Trinajstić information content (AvgIpc) is 3.48. The summed E-state index contributed by atoms with van der Waals surface area (Å²) in [7, 11) is 6.00. The third kappa shape index (κ3) is 4.38. The van der Waals surface area contributed by atoms with Gasteiger partial charge in [0, 0.05) is 48.7 Å². The first kappa shape index (κ1) is 23.7. The summed E-state index contributed by atoms with van der Waals surface area (Å²) >= 11 is 0. The fraction of sp³-hybridized carbons (Fsp3) is 0.538. The fourth-order valence-corrected chi connectivity index (χ4v) is 5.22. The van der Waals surface area contributed by atoms with Gasteiger partial charge in [0.15, 0.2) is 6.29 Å². The number of hydrogen-bond donors (Lipinski definition) is 2. The molecule has 0 unspecified atom stereocenters. The largest absolute Gasteiger partial charge is 0.355 e. The quantitative estimate of drug-likeness (QED) is 0.525. The molecule has 3 aliphatic rings. The minimum absolute atomic E-state index is 0.0165. The Morgan fingerprint density at radius 3 is 2.34 bits per heavy atom. The highest BCUT2D eigenvalue weighted by Crippen LogP contribution is 2.51. The molecule has 0 amide bonds. The minimum atomic E-state index is -0.0165. The Labute approximate surface area is 206 Å². The van der Waals surface area contributed by atoms with Gasteiger partial charge in [0.1, 0.15) is 11.5 Å². The van der Waals surface area contributed by atoms with Gasteiger partial charge in [-0.2, -0.15) is 4.98 Å². The van der Waals surface area contributed by atoms with E-state index in [1.165, 1.54) is 0 Å². The number of fused-ring (bicyclic) bond motifs is 1. The number of rotatable bonds is 6. The number of hydrogen-bond acceptors (Lipinski definition) is 8. The first-order valence-corrected chi connectivity index (χ1v) is 12.4. The van der Waals surface area contributed by atoms with E-state index in [0.29, 0.717) is 23.0 Å². The van der Waals surface area contributed by atoms with Gasteiger partial charge in [-0.3, -0.25) is 4.79 Å². The van der Waals surface area contributed by atoms with E-state index in [9.17, 15) is 4.79 Å². The van der Waals surface area contributed by atoms with E-state index in [-0.39, 0.29) is 5.54 Å². The SMILES string of the molecule is CC(C)C1(n2c(C=O)cc3cnc(Nc4ccc(N5CC6(CNC6)C5)nc4)nc32)CC1.CN(C)C. The topological polar surface area (TPSA) is 91.2 Å².